The van der Waals surface area contributed by atoms with Crippen LogP contribution in [0.1, 0.15) is 47.5 Å². The molecule has 1 fully saturated rings. The van der Waals surface area contributed by atoms with Gasteiger partial charge in [0.2, 0.25) is 5.91 Å². The third-order valence-corrected chi connectivity index (χ3v) is 3.38. The lowest BCUT2D eigenvalue weighted by Gasteiger charge is -2.28. The quantitative estimate of drug-likeness (QED) is 0.784. The van der Waals surface area contributed by atoms with E-state index in [9.17, 15) is 9.59 Å². The summed E-state index contributed by atoms with van der Waals surface area (Å²) in [6, 6.07) is 0.104. The highest BCUT2D eigenvalue weighted by Gasteiger charge is 2.31. The van der Waals surface area contributed by atoms with Crippen molar-refractivity contribution in [1.82, 2.24) is 15.5 Å². The van der Waals surface area contributed by atoms with E-state index >= 15 is 0 Å². The summed E-state index contributed by atoms with van der Waals surface area (Å²) in [5, 5.41) is 6.00. The summed E-state index contributed by atoms with van der Waals surface area (Å²) in [6.07, 6.45) is 1.66. The molecule has 0 radical (unpaired) electrons. The van der Waals surface area contributed by atoms with Crippen LogP contribution >= 0.6 is 0 Å². The number of carbonyl (C=O) groups is 2. The molecule has 2 N–H and O–H groups in total. The number of carbonyl (C=O) groups excluding carboxylic acids is 2. The van der Waals surface area contributed by atoms with Crippen molar-refractivity contribution < 1.29 is 14.3 Å². The smallest absolute Gasteiger partial charge is 0.410 e. The van der Waals surface area contributed by atoms with E-state index in [2.05, 4.69) is 24.5 Å². The molecule has 0 aliphatic carbocycles. The average Bonchev–Trinajstić information content (AvgIpc) is 2.83. The molecular weight excluding hydrogens is 282 g/mol. The molecule has 1 heterocycles. The van der Waals surface area contributed by atoms with Gasteiger partial charge in [-0.2, -0.15) is 0 Å². The Morgan fingerprint density at radius 2 is 2.00 bits per heavy atom. The number of ether oxygens (including phenoxy) is 1. The first kappa shape index (κ1) is 18.7. The average molecular weight is 313 g/mol. The van der Waals surface area contributed by atoms with Gasteiger partial charge in [-0.25, -0.2) is 4.79 Å². The van der Waals surface area contributed by atoms with Crippen LogP contribution in [0.15, 0.2) is 0 Å². The van der Waals surface area contributed by atoms with E-state index in [1.165, 1.54) is 0 Å². The zero-order valence-corrected chi connectivity index (χ0v) is 14.6. The lowest BCUT2D eigenvalue weighted by molar-refractivity contribution is -0.120. The van der Waals surface area contributed by atoms with E-state index in [-0.39, 0.29) is 24.6 Å². The summed E-state index contributed by atoms with van der Waals surface area (Å²) in [6.45, 7) is 12.0. The minimum Gasteiger partial charge on any atom is -0.444 e. The maximum atomic E-state index is 12.1. The van der Waals surface area contributed by atoms with Gasteiger partial charge < -0.3 is 20.3 Å². The third-order valence-electron chi connectivity index (χ3n) is 3.38. The SMILES string of the molecule is CC(C)CNC(=O)CNCC1CCCN1C(=O)OC(C)(C)C. The molecule has 1 unspecified atom stereocenters. The first-order valence-electron chi connectivity index (χ1n) is 8.16. The molecule has 0 aromatic rings. The van der Waals surface area contributed by atoms with Crippen LogP contribution in [0.3, 0.4) is 0 Å². The van der Waals surface area contributed by atoms with Crippen molar-refractivity contribution in [2.24, 2.45) is 5.92 Å². The highest BCUT2D eigenvalue weighted by molar-refractivity contribution is 5.78. The van der Waals surface area contributed by atoms with E-state index in [0.717, 1.165) is 19.4 Å². The molecule has 1 atom stereocenters. The van der Waals surface area contributed by atoms with Crippen LogP contribution in [0.25, 0.3) is 0 Å². The molecule has 6 nitrogen and oxygen atoms in total. The summed E-state index contributed by atoms with van der Waals surface area (Å²) < 4.78 is 5.42. The monoisotopic (exact) mass is 313 g/mol. The van der Waals surface area contributed by atoms with Crippen molar-refractivity contribution in [2.75, 3.05) is 26.2 Å². The Morgan fingerprint density at radius 3 is 2.59 bits per heavy atom. The highest BCUT2D eigenvalue weighted by atomic mass is 16.6. The number of hydrogen-bond donors (Lipinski definition) is 2. The molecule has 1 rings (SSSR count). The van der Waals surface area contributed by atoms with Crippen molar-refractivity contribution >= 4 is 12.0 Å². The van der Waals surface area contributed by atoms with E-state index in [1.807, 2.05) is 20.8 Å². The number of nitrogens with zero attached hydrogens (tertiary/aromatic N) is 1. The Balaban J connectivity index is 2.32. The Kier molecular flexibility index (Phi) is 7.13. The molecule has 1 aliphatic heterocycles. The third kappa shape index (κ3) is 7.11. The number of hydrogen-bond acceptors (Lipinski definition) is 4. The molecule has 0 bridgehead atoms. The Labute approximate surface area is 134 Å². The first-order valence-corrected chi connectivity index (χ1v) is 8.16. The van der Waals surface area contributed by atoms with Crippen molar-refractivity contribution in [1.29, 1.82) is 0 Å². The Morgan fingerprint density at radius 1 is 1.32 bits per heavy atom. The van der Waals surface area contributed by atoms with Gasteiger partial charge >= 0.3 is 6.09 Å². The van der Waals surface area contributed by atoms with Crippen LogP contribution in [-0.4, -0.2) is 54.7 Å². The number of rotatable bonds is 6. The Hall–Kier alpha value is -1.30. The van der Waals surface area contributed by atoms with Gasteiger partial charge in [-0.3, -0.25) is 4.79 Å². The fourth-order valence-electron chi connectivity index (χ4n) is 2.34. The highest BCUT2D eigenvalue weighted by Crippen LogP contribution is 2.20. The molecule has 0 aromatic heterocycles. The van der Waals surface area contributed by atoms with E-state index in [1.54, 1.807) is 4.90 Å². The van der Waals surface area contributed by atoms with Crippen LogP contribution in [0.2, 0.25) is 0 Å². The molecule has 0 spiro atoms. The van der Waals surface area contributed by atoms with Crippen molar-refractivity contribution in [3.05, 3.63) is 0 Å². The van der Waals surface area contributed by atoms with Crippen molar-refractivity contribution in [3.63, 3.8) is 0 Å². The van der Waals surface area contributed by atoms with Crippen LogP contribution < -0.4 is 10.6 Å². The molecule has 0 saturated carbocycles. The first-order chi connectivity index (χ1) is 10.2. The van der Waals surface area contributed by atoms with Crippen molar-refractivity contribution in [3.8, 4) is 0 Å². The molecule has 1 aliphatic rings. The van der Waals surface area contributed by atoms with E-state index in [0.29, 0.717) is 19.0 Å². The summed E-state index contributed by atoms with van der Waals surface area (Å²) in [5.41, 5.74) is -0.478. The lowest BCUT2D eigenvalue weighted by Crippen LogP contribution is -2.46. The molecular formula is C16H31N3O3. The number of nitrogens with one attached hydrogen (secondary N) is 2. The van der Waals surface area contributed by atoms with Gasteiger partial charge in [-0.05, 0) is 39.5 Å². The van der Waals surface area contributed by atoms with Gasteiger partial charge in [0.05, 0.1) is 6.54 Å². The second-order valence-electron chi connectivity index (χ2n) is 7.30. The van der Waals surface area contributed by atoms with Gasteiger partial charge in [-0.1, -0.05) is 13.8 Å². The normalized spacial score (nSPS) is 18.6. The summed E-state index contributed by atoms with van der Waals surface area (Å²) in [7, 11) is 0. The topological polar surface area (TPSA) is 70.7 Å². The summed E-state index contributed by atoms with van der Waals surface area (Å²) in [4.78, 5) is 25.6. The number of amides is 2. The lowest BCUT2D eigenvalue weighted by atomic mass is 10.2. The zero-order chi connectivity index (χ0) is 16.8. The predicted octanol–water partition coefficient (Wildman–Crippen LogP) is 1.75. The fourth-order valence-corrected chi connectivity index (χ4v) is 2.34. The second-order valence-corrected chi connectivity index (χ2v) is 7.30. The Bertz CT molecular complexity index is 377. The summed E-state index contributed by atoms with van der Waals surface area (Å²) >= 11 is 0. The molecule has 6 heteroatoms. The number of likely N-dealkylation sites (tertiary alicyclic amines) is 1. The van der Waals surface area contributed by atoms with Crippen LogP contribution in [0, 0.1) is 5.92 Å². The van der Waals surface area contributed by atoms with Gasteiger partial charge in [0.15, 0.2) is 0 Å². The largest absolute Gasteiger partial charge is 0.444 e. The zero-order valence-electron chi connectivity index (χ0n) is 14.6. The van der Waals surface area contributed by atoms with Crippen LogP contribution in [-0.2, 0) is 9.53 Å². The summed E-state index contributed by atoms with van der Waals surface area (Å²) in [5.74, 6) is 0.442. The predicted molar refractivity (Wildman–Crippen MR) is 86.7 cm³/mol. The van der Waals surface area contributed by atoms with Crippen LogP contribution in [0.4, 0.5) is 4.79 Å². The van der Waals surface area contributed by atoms with Gasteiger partial charge in [0.1, 0.15) is 5.60 Å². The van der Waals surface area contributed by atoms with Crippen LogP contribution in [0.5, 0.6) is 0 Å². The van der Waals surface area contributed by atoms with Crippen molar-refractivity contribution in [2.45, 2.75) is 59.1 Å². The minimum atomic E-state index is -0.478. The van der Waals surface area contributed by atoms with Gasteiger partial charge in [0, 0.05) is 25.7 Å². The molecule has 1 saturated heterocycles. The van der Waals surface area contributed by atoms with E-state index in [4.69, 9.17) is 4.74 Å². The van der Waals surface area contributed by atoms with Gasteiger partial charge in [0.25, 0.3) is 0 Å². The maximum Gasteiger partial charge on any atom is 0.410 e. The minimum absolute atomic E-state index is 0.00415. The fraction of sp³-hybridized carbons (Fsp3) is 0.875. The standard InChI is InChI=1S/C16H31N3O3/c1-12(2)9-18-14(20)11-17-10-13-7-6-8-19(13)15(21)22-16(3,4)5/h12-13,17H,6-11H2,1-5H3,(H,18,20). The molecule has 0 aromatic carbocycles. The molecule has 2 amide bonds. The second kappa shape index (κ2) is 8.36. The molecule has 128 valence electrons. The molecule has 22 heavy (non-hydrogen) atoms. The maximum absolute atomic E-state index is 12.1. The van der Waals surface area contributed by atoms with E-state index < -0.39 is 5.60 Å². The van der Waals surface area contributed by atoms with Gasteiger partial charge in [-0.15, -0.1) is 0 Å².